The molecule has 3 fully saturated rings. The summed E-state index contributed by atoms with van der Waals surface area (Å²) in [5.41, 5.74) is -0.297. The maximum atomic E-state index is 13.8. The predicted molar refractivity (Wildman–Crippen MR) is 110 cm³/mol. The monoisotopic (exact) mass is 418 g/mol. The highest BCUT2D eigenvalue weighted by Crippen LogP contribution is 2.59. The van der Waals surface area contributed by atoms with E-state index in [1.165, 1.54) is 0 Å². The number of hydrogen-bond acceptors (Lipinski definition) is 5. The van der Waals surface area contributed by atoms with Gasteiger partial charge in [0.25, 0.3) is 0 Å². The maximum absolute atomic E-state index is 13.8. The van der Waals surface area contributed by atoms with Crippen molar-refractivity contribution in [3.63, 3.8) is 0 Å². The van der Waals surface area contributed by atoms with E-state index >= 15 is 0 Å². The van der Waals surface area contributed by atoms with Gasteiger partial charge in [0, 0.05) is 18.0 Å². The first kappa shape index (κ1) is 18.6. The van der Waals surface area contributed by atoms with E-state index in [4.69, 9.17) is 9.15 Å². The van der Waals surface area contributed by atoms with Crippen molar-refractivity contribution < 1.29 is 23.5 Å². The SMILES string of the molecule is C[C@@H]1C(=O)C[C@@H](c2ccco2)N2C(=O)[C@H]3[C@@H](C(=O)Nc4ccccc4)[C@H]4C=C[C@@]3(O4)[C@@H]12. The van der Waals surface area contributed by atoms with Gasteiger partial charge in [0.05, 0.1) is 36.3 Å². The number of amides is 2. The Morgan fingerprint density at radius 2 is 1.97 bits per heavy atom. The van der Waals surface area contributed by atoms with Crippen LogP contribution in [0.25, 0.3) is 0 Å². The Bertz CT molecular complexity index is 1090. The number of para-hydroxylation sites is 1. The molecule has 0 aliphatic carbocycles. The van der Waals surface area contributed by atoms with Crippen molar-refractivity contribution >= 4 is 23.3 Å². The lowest BCUT2D eigenvalue weighted by atomic mass is 9.70. The fraction of sp³-hybridized carbons (Fsp3) is 0.375. The van der Waals surface area contributed by atoms with Crippen molar-refractivity contribution in [2.45, 2.75) is 37.1 Å². The molecular formula is C24H22N2O5. The second-order valence-corrected chi connectivity index (χ2v) is 8.83. The molecule has 1 aromatic carbocycles. The average molecular weight is 418 g/mol. The van der Waals surface area contributed by atoms with Gasteiger partial charge in [-0.25, -0.2) is 0 Å². The summed E-state index contributed by atoms with van der Waals surface area (Å²) in [6.07, 6.45) is 5.05. The zero-order valence-electron chi connectivity index (χ0n) is 16.9. The third kappa shape index (κ3) is 2.41. The third-order valence-corrected chi connectivity index (χ3v) is 7.30. The Morgan fingerprint density at radius 1 is 1.16 bits per heavy atom. The number of rotatable bonds is 3. The second-order valence-electron chi connectivity index (χ2n) is 8.83. The summed E-state index contributed by atoms with van der Waals surface area (Å²) < 4.78 is 11.9. The minimum absolute atomic E-state index is 0.0723. The molecular weight excluding hydrogens is 396 g/mol. The molecule has 5 heterocycles. The Hall–Kier alpha value is -3.19. The van der Waals surface area contributed by atoms with E-state index in [0.29, 0.717) is 11.4 Å². The minimum atomic E-state index is -0.971. The quantitative estimate of drug-likeness (QED) is 0.775. The number of furan rings is 1. The summed E-state index contributed by atoms with van der Waals surface area (Å²) in [7, 11) is 0. The predicted octanol–water partition coefficient (Wildman–Crippen LogP) is 2.72. The van der Waals surface area contributed by atoms with E-state index in [-0.39, 0.29) is 29.9 Å². The van der Waals surface area contributed by atoms with Crippen LogP contribution < -0.4 is 5.32 Å². The van der Waals surface area contributed by atoms with Gasteiger partial charge in [-0.3, -0.25) is 14.4 Å². The number of ether oxygens (including phenoxy) is 1. The third-order valence-electron chi connectivity index (χ3n) is 7.30. The molecule has 1 spiro atoms. The number of nitrogens with one attached hydrogen (secondary N) is 1. The Balaban J connectivity index is 1.40. The van der Waals surface area contributed by atoms with Crippen LogP contribution in [0.15, 0.2) is 65.3 Å². The first-order valence-electron chi connectivity index (χ1n) is 10.6. The number of anilines is 1. The number of hydrogen-bond donors (Lipinski definition) is 1. The molecule has 31 heavy (non-hydrogen) atoms. The molecule has 7 nitrogen and oxygen atoms in total. The normalized spacial score (nSPS) is 37.8. The van der Waals surface area contributed by atoms with Crippen LogP contribution in [0.2, 0.25) is 0 Å². The fourth-order valence-corrected chi connectivity index (χ4v) is 6.01. The highest BCUT2D eigenvalue weighted by atomic mass is 16.5. The van der Waals surface area contributed by atoms with Gasteiger partial charge in [-0.1, -0.05) is 37.3 Å². The zero-order valence-corrected chi connectivity index (χ0v) is 16.9. The van der Waals surface area contributed by atoms with E-state index in [2.05, 4.69) is 5.32 Å². The van der Waals surface area contributed by atoms with Crippen LogP contribution in [0.5, 0.6) is 0 Å². The second kappa shape index (κ2) is 6.40. The molecule has 3 saturated heterocycles. The summed E-state index contributed by atoms with van der Waals surface area (Å²) in [4.78, 5) is 41.8. The largest absolute Gasteiger partial charge is 0.467 e. The van der Waals surface area contributed by atoms with Crippen molar-refractivity contribution in [1.82, 2.24) is 4.90 Å². The fourth-order valence-electron chi connectivity index (χ4n) is 6.01. The van der Waals surface area contributed by atoms with Crippen LogP contribution in [-0.4, -0.2) is 40.2 Å². The summed E-state index contributed by atoms with van der Waals surface area (Å²) in [5.74, 6) is -1.44. The summed E-state index contributed by atoms with van der Waals surface area (Å²) in [5, 5.41) is 2.93. The molecule has 1 N–H and O–H groups in total. The molecule has 6 rings (SSSR count). The maximum Gasteiger partial charge on any atom is 0.231 e. The number of Topliss-reactive ketones (excluding diaryl/α,β-unsaturated/α-hetero) is 1. The molecule has 158 valence electrons. The highest BCUT2D eigenvalue weighted by molar-refractivity contribution is 6.00. The van der Waals surface area contributed by atoms with Gasteiger partial charge in [-0.2, -0.15) is 0 Å². The lowest BCUT2D eigenvalue weighted by Crippen LogP contribution is -2.55. The Labute approximate surface area is 179 Å². The van der Waals surface area contributed by atoms with Crippen molar-refractivity contribution in [2.75, 3.05) is 5.32 Å². The van der Waals surface area contributed by atoms with Crippen LogP contribution in [0, 0.1) is 17.8 Å². The van der Waals surface area contributed by atoms with E-state index < -0.39 is 35.6 Å². The highest BCUT2D eigenvalue weighted by Gasteiger charge is 2.74. The molecule has 1 aromatic heterocycles. The van der Waals surface area contributed by atoms with Gasteiger partial charge in [-0.15, -0.1) is 0 Å². The van der Waals surface area contributed by atoms with Crippen LogP contribution in [0.3, 0.4) is 0 Å². The number of nitrogens with zero attached hydrogens (tertiary/aromatic N) is 1. The Kier molecular flexibility index (Phi) is 3.84. The number of carbonyl (C=O) groups excluding carboxylic acids is 3. The van der Waals surface area contributed by atoms with Crippen molar-refractivity contribution in [1.29, 1.82) is 0 Å². The van der Waals surface area contributed by atoms with E-state index in [1.54, 1.807) is 23.3 Å². The zero-order chi connectivity index (χ0) is 21.3. The van der Waals surface area contributed by atoms with Crippen molar-refractivity contribution in [3.8, 4) is 0 Å². The molecule has 2 amide bonds. The molecule has 2 bridgehead atoms. The van der Waals surface area contributed by atoms with E-state index in [1.807, 2.05) is 49.4 Å². The summed E-state index contributed by atoms with van der Waals surface area (Å²) in [6.45, 7) is 1.85. The lowest BCUT2D eigenvalue weighted by Gasteiger charge is -2.43. The van der Waals surface area contributed by atoms with Crippen LogP contribution in [0.1, 0.15) is 25.1 Å². The molecule has 0 saturated carbocycles. The number of piperidine rings is 1. The van der Waals surface area contributed by atoms with Crippen molar-refractivity contribution in [2.24, 2.45) is 17.8 Å². The van der Waals surface area contributed by atoms with Crippen LogP contribution >= 0.6 is 0 Å². The van der Waals surface area contributed by atoms with Crippen LogP contribution in [-0.2, 0) is 19.1 Å². The summed E-state index contributed by atoms with van der Waals surface area (Å²) in [6, 6.07) is 11.8. The Morgan fingerprint density at radius 3 is 2.71 bits per heavy atom. The lowest BCUT2D eigenvalue weighted by molar-refractivity contribution is -0.147. The van der Waals surface area contributed by atoms with E-state index in [0.717, 1.165) is 0 Å². The van der Waals surface area contributed by atoms with Gasteiger partial charge < -0.3 is 19.4 Å². The van der Waals surface area contributed by atoms with Crippen molar-refractivity contribution in [3.05, 3.63) is 66.6 Å². The van der Waals surface area contributed by atoms with Gasteiger partial charge in [0.2, 0.25) is 11.8 Å². The molecule has 0 unspecified atom stereocenters. The number of ketones is 1. The molecule has 4 aliphatic rings. The number of carbonyl (C=O) groups is 3. The number of benzene rings is 1. The minimum Gasteiger partial charge on any atom is -0.467 e. The molecule has 2 aromatic rings. The first-order valence-corrected chi connectivity index (χ1v) is 10.6. The number of fused-ring (bicyclic) bond motifs is 2. The molecule has 4 aliphatic heterocycles. The smallest absolute Gasteiger partial charge is 0.231 e. The standard InChI is InChI=1S/C24H22N2O5/c1-13-16(27)12-15(17-8-5-11-30-17)26-21(13)24-10-9-18(31-24)19(20(24)23(26)29)22(28)25-14-6-3-2-4-7-14/h2-11,13,15,18-21H,12H2,1H3,(H,25,28)/t13-,15+,18-,19+,20-,21-,24+/m1/s1. The molecule has 7 heteroatoms. The van der Waals surface area contributed by atoms with Gasteiger partial charge in [0.1, 0.15) is 17.1 Å². The topological polar surface area (TPSA) is 88.9 Å². The first-order chi connectivity index (χ1) is 15.0. The summed E-state index contributed by atoms with van der Waals surface area (Å²) >= 11 is 0. The van der Waals surface area contributed by atoms with Gasteiger partial charge in [-0.05, 0) is 24.3 Å². The van der Waals surface area contributed by atoms with Gasteiger partial charge >= 0.3 is 0 Å². The van der Waals surface area contributed by atoms with Gasteiger partial charge in [0.15, 0.2) is 0 Å². The van der Waals surface area contributed by atoms with E-state index in [9.17, 15) is 14.4 Å². The average Bonchev–Trinajstić information content (AvgIpc) is 3.54. The van der Waals surface area contributed by atoms with Crippen LogP contribution in [0.4, 0.5) is 5.69 Å². The molecule has 7 atom stereocenters. The molecule has 0 radical (unpaired) electrons.